The maximum atomic E-state index is 10.8. The summed E-state index contributed by atoms with van der Waals surface area (Å²) in [6, 6.07) is 7.93. The van der Waals surface area contributed by atoms with Crippen LogP contribution in [0, 0.1) is 0 Å². The quantitative estimate of drug-likeness (QED) is 0.855. The molecular formula is C12H13NO2S. The number of rotatable bonds is 3. The lowest BCUT2D eigenvalue weighted by Crippen LogP contribution is -2.25. The molecule has 0 saturated carbocycles. The Morgan fingerprint density at radius 1 is 1.50 bits per heavy atom. The van der Waals surface area contributed by atoms with E-state index in [0.29, 0.717) is 0 Å². The van der Waals surface area contributed by atoms with Crippen molar-refractivity contribution in [3.63, 3.8) is 0 Å². The Morgan fingerprint density at radius 3 is 3.00 bits per heavy atom. The molecule has 1 unspecified atom stereocenters. The Hall–Kier alpha value is -1.39. The molecule has 0 bridgehead atoms. The summed E-state index contributed by atoms with van der Waals surface area (Å²) in [5, 5.41) is 15.6. The van der Waals surface area contributed by atoms with Crippen LogP contribution in [0.2, 0.25) is 0 Å². The van der Waals surface area contributed by atoms with Crippen LogP contribution in [0.1, 0.15) is 18.6 Å². The van der Waals surface area contributed by atoms with Gasteiger partial charge in [0, 0.05) is 23.7 Å². The molecule has 0 saturated heterocycles. The molecule has 1 aromatic carbocycles. The molecule has 0 fully saturated rings. The predicted molar refractivity (Wildman–Crippen MR) is 65.5 cm³/mol. The molecule has 2 rings (SSSR count). The number of amides is 1. The van der Waals surface area contributed by atoms with Crippen molar-refractivity contribution >= 4 is 27.3 Å². The van der Waals surface area contributed by atoms with E-state index in [1.807, 2.05) is 29.6 Å². The smallest absolute Gasteiger partial charge is 0.216 e. The van der Waals surface area contributed by atoms with E-state index in [9.17, 15) is 9.90 Å². The number of aliphatic hydroxyl groups is 1. The Kier molecular flexibility index (Phi) is 3.22. The Balaban J connectivity index is 2.22. The van der Waals surface area contributed by atoms with E-state index < -0.39 is 6.10 Å². The van der Waals surface area contributed by atoms with Crippen LogP contribution in [0.15, 0.2) is 29.6 Å². The second-order valence-electron chi connectivity index (χ2n) is 3.64. The van der Waals surface area contributed by atoms with Gasteiger partial charge in [-0.3, -0.25) is 4.79 Å². The summed E-state index contributed by atoms with van der Waals surface area (Å²) in [5.74, 6) is -0.126. The van der Waals surface area contributed by atoms with Gasteiger partial charge in [0.1, 0.15) is 0 Å². The summed E-state index contributed by atoms with van der Waals surface area (Å²) in [6.45, 7) is 1.70. The zero-order valence-corrected chi connectivity index (χ0v) is 9.75. The summed E-state index contributed by atoms with van der Waals surface area (Å²) in [4.78, 5) is 10.8. The SMILES string of the molecule is CC(=O)NCC(O)c1csc2ccccc12. The van der Waals surface area contributed by atoms with Crippen molar-refractivity contribution in [3.8, 4) is 0 Å². The van der Waals surface area contributed by atoms with Gasteiger partial charge in [0.15, 0.2) is 0 Å². The van der Waals surface area contributed by atoms with E-state index >= 15 is 0 Å². The van der Waals surface area contributed by atoms with Crippen molar-refractivity contribution in [1.82, 2.24) is 5.32 Å². The van der Waals surface area contributed by atoms with E-state index in [2.05, 4.69) is 5.32 Å². The van der Waals surface area contributed by atoms with Crippen molar-refractivity contribution in [1.29, 1.82) is 0 Å². The van der Waals surface area contributed by atoms with Gasteiger partial charge in [-0.05, 0) is 16.8 Å². The number of thiophene rings is 1. The topological polar surface area (TPSA) is 49.3 Å². The first-order valence-corrected chi connectivity index (χ1v) is 5.95. The normalized spacial score (nSPS) is 12.6. The zero-order valence-electron chi connectivity index (χ0n) is 8.93. The Morgan fingerprint density at radius 2 is 2.25 bits per heavy atom. The van der Waals surface area contributed by atoms with Gasteiger partial charge >= 0.3 is 0 Å². The van der Waals surface area contributed by atoms with Crippen molar-refractivity contribution in [2.45, 2.75) is 13.0 Å². The number of benzene rings is 1. The molecule has 16 heavy (non-hydrogen) atoms. The molecular weight excluding hydrogens is 222 g/mol. The number of carbonyl (C=O) groups is 1. The summed E-state index contributed by atoms with van der Waals surface area (Å²) in [7, 11) is 0. The first kappa shape index (κ1) is 11.1. The van der Waals surface area contributed by atoms with Crippen molar-refractivity contribution in [2.75, 3.05) is 6.54 Å². The minimum Gasteiger partial charge on any atom is -0.387 e. The predicted octanol–water partition coefficient (Wildman–Crippen LogP) is 2.07. The first-order chi connectivity index (χ1) is 7.68. The molecule has 1 amide bonds. The largest absolute Gasteiger partial charge is 0.387 e. The molecule has 84 valence electrons. The van der Waals surface area contributed by atoms with Crippen LogP contribution in [0.25, 0.3) is 10.1 Å². The van der Waals surface area contributed by atoms with E-state index in [1.54, 1.807) is 11.3 Å². The fourth-order valence-corrected chi connectivity index (χ4v) is 2.61. The molecule has 0 aliphatic carbocycles. The molecule has 4 heteroatoms. The highest BCUT2D eigenvalue weighted by Gasteiger charge is 2.12. The van der Waals surface area contributed by atoms with Gasteiger partial charge in [-0.1, -0.05) is 18.2 Å². The van der Waals surface area contributed by atoms with E-state index in [0.717, 1.165) is 15.6 Å². The minimum absolute atomic E-state index is 0.126. The molecule has 2 N–H and O–H groups in total. The van der Waals surface area contributed by atoms with Gasteiger partial charge < -0.3 is 10.4 Å². The summed E-state index contributed by atoms with van der Waals surface area (Å²) in [5.41, 5.74) is 0.884. The van der Waals surface area contributed by atoms with Gasteiger partial charge in [0.25, 0.3) is 0 Å². The van der Waals surface area contributed by atoms with Gasteiger partial charge in [-0.25, -0.2) is 0 Å². The average molecular weight is 235 g/mol. The van der Waals surface area contributed by atoms with Crippen LogP contribution in [0.4, 0.5) is 0 Å². The molecule has 1 aromatic heterocycles. The molecule has 0 aliphatic heterocycles. The van der Waals surface area contributed by atoms with Crippen molar-refractivity contribution in [3.05, 3.63) is 35.2 Å². The van der Waals surface area contributed by atoms with Crippen LogP contribution in [-0.4, -0.2) is 17.6 Å². The first-order valence-electron chi connectivity index (χ1n) is 5.07. The Labute approximate surface area is 97.7 Å². The van der Waals surface area contributed by atoms with Crippen LogP contribution < -0.4 is 5.32 Å². The lowest BCUT2D eigenvalue weighted by atomic mass is 10.1. The minimum atomic E-state index is -0.639. The molecule has 1 atom stereocenters. The molecule has 0 radical (unpaired) electrons. The molecule has 0 spiro atoms. The van der Waals surface area contributed by atoms with Crippen molar-refractivity contribution in [2.24, 2.45) is 0 Å². The summed E-state index contributed by atoms with van der Waals surface area (Å²) in [6.07, 6.45) is -0.639. The number of hydrogen-bond acceptors (Lipinski definition) is 3. The fraction of sp³-hybridized carbons (Fsp3) is 0.250. The van der Waals surface area contributed by atoms with Gasteiger partial charge in [0.05, 0.1) is 6.10 Å². The Bertz CT molecular complexity index is 506. The van der Waals surface area contributed by atoms with E-state index in [-0.39, 0.29) is 12.5 Å². The zero-order chi connectivity index (χ0) is 11.5. The van der Waals surface area contributed by atoms with E-state index in [1.165, 1.54) is 6.92 Å². The fourth-order valence-electron chi connectivity index (χ4n) is 1.61. The summed E-state index contributed by atoms with van der Waals surface area (Å²) < 4.78 is 1.15. The monoisotopic (exact) mass is 235 g/mol. The number of fused-ring (bicyclic) bond motifs is 1. The van der Waals surface area contributed by atoms with E-state index in [4.69, 9.17) is 0 Å². The third-order valence-electron chi connectivity index (χ3n) is 2.41. The number of carbonyl (C=O) groups excluding carboxylic acids is 1. The number of aliphatic hydroxyl groups excluding tert-OH is 1. The maximum Gasteiger partial charge on any atom is 0.216 e. The molecule has 3 nitrogen and oxygen atoms in total. The lowest BCUT2D eigenvalue weighted by Gasteiger charge is -2.10. The standard InChI is InChI=1S/C12H13NO2S/c1-8(14)13-6-11(15)10-7-16-12-5-3-2-4-9(10)12/h2-5,7,11,15H,6H2,1H3,(H,13,14). The van der Waals surface area contributed by atoms with Crippen LogP contribution in [0.5, 0.6) is 0 Å². The third kappa shape index (κ3) is 2.23. The van der Waals surface area contributed by atoms with Gasteiger partial charge in [-0.15, -0.1) is 11.3 Å². The second-order valence-corrected chi connectivity index (χ2v) is 4.55. The number of hydrogen-bond donors (Lipinski definition) is 2. The van der Waals surface area contributed by atoms with Crippen LogP contribution in [-0.2, 0) is 4.79 Å². The van der Waals surface area contributed by atoms with Crippen LogP contribution >= 0.6 is 11.3 Å². The average Bonchev–Trinajstić information content (AvgIpc) is 2.69. The van der Waals surface area contributed by atoms with Crippen molar-refractivity contribution < 1.29 is 9.90 Å². The highest BCUT2D eigenvalue weighted by atomic mass is 32.1. The lowest BCUT2D eigenvalue weighted by molar-refractivity contribution is -0.119. The highest BCUT2D eigenvalue weighted by molar-refractivity contribution is 7.17. The second kappa shape index (κ2) is 4.63. The van der Waals surface area contributed by atoms with Crippen LogP contribution in [0.3, 0.4) is 0 Å². The van der Waals surface area contributed by atoms with Gasteiger partial charge in [-0.2, -0.15) is 0 Å². The highest BCUT2D eigenvalue weighted by Crippen LogP contribution is 2.29. The van der Waals surface area contributed by atoms with Gasteiger partial charge in [0.2, 0.25) is 5.91 Å². The number of nitrogens with one attached hydrogen (secondary N) is 1. The maximum absolute atomic E-state index is 10.8. The third-order valence-corrected chi connectivity index (χ3v) is 3.40. The molecule has 0 aliphatic rings. The molecule has 1 heterocycles. The summed E-state index contributed by atoms with van der Waals surface area (Å²) >= 11 is 1.60. The molecule has 2 aromatic rings.